The summed E-state index contributed by atoms with van der Waals surface area (Å²) in [6, 6.07) is 6.29. The highest BCUT2D eigenvalue weighted by Crippen LogP contribution is 2.44. The number of nitrogens with zero attached hydrogens (tertiary/aromatic N) is 1. The molecular formula is C16H19ClN2. The summed E-state index contributed by atoms with van der Waals surface area (Å²) in [5.41, 5.74) is 4.25. The lowest BCUT2D eigenvalue weighted by Gasteiger charge is -2.24. The van der Waals surface area contributed by atoms with Gasteiger partial charge in [-0.3, -0.25) is 0 Å². The van der Waals surface area contributed by atoms with Crippen LogP contribution in [0.4, 0.5) is 0 Å². The number of aromatic nitrogens is 1. The van der Waals surface area contributed by atoms with Crippen LogP contribution < -0.4 is 0 Å². The predicted octanol–water partition coefficient (Wildman–Crippen LogP) is 3.80. The quantitative estimate of drug-likeness (QED) is 0.838. The Kier molecular flexibility index (Phi) is 2.64. The molecule has 0 radical (unpaired) electrons. The summed E-state index contributed by atoms with van der Waals surface area (Å²) in [6.45, 7) is 5.95. The number of hydrogen-bond acceptors (Lipinski definition) is 1. The van der Waals surface area contributed by atoms with Crippen molar-refractivity contribution in [1.29, 1.82) is 0 Å². The van der Waals surface area contributed by atoms with E-state index in [9.17, 15) is 0 Å². The van der Waals surface area contributed by atoms with Gasteiger partial charge in [-0.2, -0.15) is 0 Å². The lowest BCUT2D eigenvalue weighted by molar-refractivity contribution is 0.338. The van der Waals surface area contributed by atoms with Gasteiger partial charge < -0.3 is 9.88 Å². The molecule has 100 valence electrons. The SMILES string of the molecule is CCN1C[C@@H]2CCc3[nH]c4cc(Cl)ccc4c3[C@@H]2C1. The zero-order valence-corrected chi connectivity index (χ0v) is 12.0. The fourth-order valence-electron chi connectivity index (χ4n) is 4.04. The number of aromatic amines is 1. The lowest BCUT2D eigenvalue weighted by atomic mass is 9.79. The number of fused-ring (bicyclic) bond motifs is 5. The molecule has 0 amide bonds. The highest BCUT2D eigenvalue weighted by atomic mass is 35.5. The van der Waals surface area contributed by atoms with Crippen molar-refractivity contribution in [2.24, 2.45) is 5.92 Å². The van der Waals surface area contributed by atoms with Gasteiger partial charge in [0.1, 0.15) is 0 Å². The Hall–Kier alpha value is -0.990. The van der Waals surface area contributed by atoms with E-state index in [0.29, 0.717) is 0 Å². The standard InChI is InChI=1S/C16H19ClN2/c1-2-19-8-10-3-6-14-16(13(10)9-19)12-5-4-11(17)7-15(12)18-14/h4-5,7,10,13,18H,2-3,6,8-9H2,1H3/t10-,13+/m0/s1. The maximum absolute atomic E-state index is 6.11. The molecule has 2 aliphatic rings. The molecule has 2 atom stereocenters. The number of nitrogens with one attached hydrogen (secondary N) is 1. The van der Waals surface area contributed by atoms with E-state index < -0.39 is 0 Å². The predicted molar refractivity (Wildman–Crippen MR) is 80.0 cm³/mol. The van der Waals surface area contributed by atoms with Gasteiger partial charge in [0.25, 0.3) is 0 Å². The highest BCUT2D eigenvalue weighted by molar-refractivity contribution is 6.31. The molecule has 19 heavy (non-hydrogen) atoms. The van der Waals surface area contributed by atoms with Crippen LogP contribution in [0.15, 0.2) is 18.2 Å². The molecule has 2 nitrogen and oxygen atoms in total. The summed E-state index contributed by atoms with van der Waals surface area (Å²) in [4.78, 5) is 6.20. The molecule has 1 aliphatic heterocycles. The first kappa shape index (κ1) is 11.8. The van der Waals surface area contributed by atoms with Crippen LogP contribution in [-0.2, 0) is 6.42 Å². The topological polar surface area (TPSA) is 19.0 Å². The Labute approximate surface area is 118 Å². The maximum Gasteiger partial charge on any atom is 0.0474 e. The van der Waals surface area contributed by atoms with Crippen molar-refractivity contribution >= 4 is 22.5 Å². The van der Waals surface area contributed by atoms with Crippen molar-refractivity contribution in [2.75, 3.05) is 19.6 Å². The molecule has 0 saturated carbocycles. The van der Waals surface area contributed by atoms with Crippen molar-refractivity contribution in [1.82, 2.24) is 9.88 Å². The van der Waals surface area contributed by atoms with Crippen molar-refractivity contribution in [3.63, 3.8) is 0 Å². The van der Waals surface area contributed by atoms with Crippen molar-refractivity contribution in [2.45, 2.75) is 25.7 Å². The Morgan fingerprint density at radius 2 is 2.26 bits per heavy atom. The van der Waals surface area contributed by atoms with E-state index in [-0.39, 0.29) is 0 Å². The Balaban J connectivity index is 1.86. The third-order valence-electron chi connectivity index (χ3n) is 4.98. The summed E-state index contributed by atoms with van der Waals surface area (Å²) < 4.78 is 0. The molecule has 2 aromatic rings. The zero-order valence-electron chi connectivity index (χ0n) is 11.2. The third kappa shape index (κ3) is 1.73. The first-order valence-corrected chi connectivity index (χ1v) is 7.66. The van der Waals surface area contributed by atoms with E-state index in [1.807, 2.05) is 6.07 Å². The number of H-pyrrole nitrogens is 1. The molecule has 1 aliphatic carbocycles. The van der Waals surface area contributed by atoms with Gasteiger partial charge in [-0.1, -0.05) is 24.6 Å². The monoisotopic (exact) mass is 274 g/mol. The van der Waals surface area contributed by atoms with Gasteiger partial charge in [0.2, 0.25) is 0 Å². The minimum atomic E-state index is 0.721. The number of rotatable bonds is 1. The van der Waals surface area contributed by atoms with Crippen LogP contribution >= 0.6 is 11.6 Å². The van der Waals surface area contributed by atoms with Gasteiger partial charge in [-0.15, -0.1) is 0 Å². The molecule has 2 heterocycles. The number of benzene rings is 1. The Morgan fingerprint density at radius 1 is 1.37 bits per heavy atom. The van der Waals surface area contributed by atoms with Crippen molar-refractivity contribution < 1.29 is 0 Å². The van der Waals surface area contributed by atoms with Crippen LogP contribution in [0.3, 0.4) is 0 Å². The normalized spacial score (nSPS) is 26.6. The van der Waals surface area contributed by atoms with E-state index in [1.54, 1.807) is 5.56 Å². The molecule has 4 rings (SSSR count). The fraction of sp³-hybridized carbons (Fsp3) is 0.500. The number of likely N-dealkylation sites (N-methyl/N-ethyl adjacent to an activating group) is 1. The average Bonchev–Trinajstić information content (AvgIpc) is 2.97. The minimum absolute atomic E-state index is 0.721. The first-order chi connectivity index (χ1) is 9.26. The second-order valence-corrected chi connectivity index (χ2v) is 6.40. The molecule has 3 heteroatoms. The van der Waals surface area contributed by atoms with Gasteiger partial charge >= 0.3 is 0 Å². The van der Waals surface area contributed by atoms with Gasteiger partial charge in [-0.25, -0.2) is 0 Å². The largest absolute Gasteiger partial charge is 0.358 e. The van der Waals surface area contributed by atoms with Gasteiger partial charge in [0.05, 0.1) is 0 Å². The van der Waals surface area contributed by atoms with E-state index >= 15 is 0 Å². The summed E-state index contributed by atoms with van der Waals surface area (Å²) in [6.07, 6.45) is 2.52. The van der Waals surface area contributed by atoms with Gasteiger partial charge in [0.15, 0.2) is 0 Å². The molecule has 1 N–H and O–H groups in total. The molecule has 0 spiro atoms. The third-order valence-corrected chi connectivity index (χ3v) is 5.22. The Bertz CT molecular complexity index is 631. The molecular weight excluding hydrogens is 256 g/mol. The van der Waals surface area contributed by atoms with Crippen LogP contribution in [0.2, 0.25) is 5.02 Å². The Morgan fingerprint density at radius 3 is 3.11 bits per heavy atom. The molecule has 1 saturated heterocycles. The number of aryl methyl sites for hydroxylation is 1. The summed E-state index contributed by atoms with van der Waals surface area (Å²) in [5, 5.41) is 2.22. The summed E-state index contributed by atoms with van der Waals surface area (Å²) in [7, 11) is 0. The molecule has 0 bridgehead atoms. The maximum atomic E-state index is 6.11. The van der Waals surface area contributed by atoms with Crippen molar-refractivity contribution in [3.05, 3.63) is 34.5 Å². The number of likely N-dealkylation sites (tertiary alicyclic amines) is 1. The van der Waals surface area contributed by atoms with Crippen LogP contribution in [0.25, 0.3) is 10.9 Å². The van der Waals surface area contributed by atoms with Gasteiger partial charge in [-0.05, 0) is 43.0 Å². The van der Waals surface area contributed by atoms with E-state index in [2.05, 4.69) is 28.9 Å². The number of halogens is 1. The van der Waals surface area contributed by atoms with Crippen LogP contribution in [0, 0.1) is 5.92 Å². The van der Waals surface area contributed by atoms with Crippen LogP contribution in [-0.4, -0.2) is 29.5 Å². The molecule has 1 aromatic carbocycles. The molecule has 1 fully saturated rings. The van der Waals surface area contributed by atoms with Gasteiger partial charge in [0, 0.05) is 40.6 Å². The second-order valence-electron chi connectivity index (χ2n) is 5.96. The fourth-order valence-corrected chi connectivity index (χ4v) is 4.21. The van der Waals surface area contributed by atoms with E-state index in [1.165, 1.54) is 49.1 Å². The van der Waals surface area contributed by atoms with Crippen molar-refractivity contribution in [3.8, 4) is 0 Å². The number of hydrogen-bond donors (Lipinski definition) is 1. The summed E-state index contributed by atoms with van der Waals surface area (Å²) >= 11 is 6.11. The second kappa shape index (κ2) is 4.26. The smallest absolute Gasteiger partial charge is 0.0474 e. The minimum Gasteiger partial charge on any atom is -0.358 e. The van der Waals surface area contributed by atoms with E-state index in [4.69, 9.17) is 11.6 Å². The lowest BCUT2D eigenvalue weighted by Crippen LogP contribution is -2.19. The summed E-state index contributed by atoms with van der Waals surface area (Å²) in [5.74, 6) is 1.57. The first-order valence-electron chi connectivity index (χ1n) is 7.28. The molecule has 1 aromatic heterocycles. The highest BCUT2D eigenvalue weighted by Gasteiger charge is 2.38. The zero-order chi connectivity index (χ0) is 13.0. The average molecular weight is 275 g/mol. The molecule has 0 unspecified atom stereocenters. The van der Waals surface area contributed by atoms with Crippen LogP contribution in [0.1, 0.15) is 30.5 Å². The van der Waals surface area contributed by atoms with Crippen LogP contribution in [0.5, 0.6) is 0 Å². The van der Waals surface area contributed by atoms with E-state index in [0.717, 1.165) is 16.9 Å².